The highest BCUT2D eigenvalue weighted by Gasteiger charge is 2.17. The molecule has 0 saturated heterocycles. The summed E-state index contributed by atoms with van der Waals surface area (Å²) in [5.74, 6) is 0.556. The number of fused-ring (bicyclic) bond motifs is 2. The van der Waals surface area contributed by atoms with Crippen LogP contribution in [0.3, 0.4) is 0 Å². The third-order valence-corrected chi connectivity index (χ3v) is 9.14. The summed E-state index contributed by atoms with van der Waals surface area (Å²) in [6.07, 6.45) is 5.64. The van der Waals surface area contributed by atoms with Crippen molar-refractivity contribution in [1.29, 1.82) is 0 Å². The highest BCUT2D eigenvalue weighted by atomic mass is 15.1. The summed E-state index contributed by atoms with van der Waals surface area (Å²) in [5, 5.41) is 2.47. The van der Waals surface area contributed by atoms with Gasteiger partial charge in [-0.1, -0.05) is 116 Å². The molecule has 0 N–H and O–H groups in total. The van der Waals surface area contributed by atoms with Crippen LogP contribution in [0.5, 0.6) is 0 Å². The average Bonchev–Trinajstić information content (AvgIpc) is 3.13. The third-order valence-electron chi connectivity index (χ3n) is 9.14. The van der Waals surface area contributed by atoms with E-state index in [9.17, 15) is 0 Å². The molecule has 8 rings (SSSR count). The number of para-hydroxylation sites is 2. The lowest BCUT2D eigenvalue weighted by atomic mass is 9.90. The van der Waals surface area contributed by atoms with Crippen LogP contribution in [0.4, 0.5) is 34.1 Å². The molecule has 0 radical (unpaired) electrons. The van der Waals surface area contributed by atoms with E-state index in [0.717, 1.165) is 34.9 Å². The molecule has 2 heteroatoms. The van der Waals surface area contributed by atoms with Crippen molar-refractivity contribution in [2.24, 2.45) is 5.92 Å². The first kappa shape index (κ1) is 28.6. The second kappa shape index (κ2) is 12.5. The maximum Gasteiger partial charge on any atom is 0.0468 e. The second-order valence-corrected chi connectivity index (χ2v) is 12.4. The first-order valence-corrected chi connectivity index (χ1v) is 16.4. The average molecular weight is 605 g/mol. The Kier molecular flexibility index (Phi) is 7.61. The fourth-order valence-electron chi connectivity index (χ4n) is 6.72. The number of allylic oxidation sites excluding steroid dienone is 1. The van der Waals surface area contributed by atoms with E-state index >= 15 is 0 Å². The zero-order valence-electron chi connectivity index (χ0n) is 26.5. The van der Waals surface area contributed by atoms with Gasteiger partial charge in [0.1, 0.15) is 0 Å². The van der Waals surface area contributed by atoms with Gasteiger partial charge in [-0.05, 0) is 118 Å². The molecule has 1 aliphatic carbocycles. The molecule has 0 fully saturated rings. The number of anilines is 6. The van der Waals surface area contributed by atoms with E-state index in [2.05, 4.69) is 199 Å². The second-order valence-electron chi connectivity index (χ2n) is 12.4. The molecule has 0 amide bonds. The van der Waals surface area contributed by atoms with Crippen molar-refractivity contribution in [2.45, 2.75) is 13.3 Å². The van der Waals surface area contributed by atoms with Crippen LogP contribution in [0, 0.1) is 5.92 Å². The summed E-state index contributed by atoms with van der Waals surface area (Å²) in [4.78, 5) is 4.68. The van der Waals surface area contributed by atoms with Crippen molar-refractivity contribution >= 4 is 51.0 Å². The molecule has 0 bridgehead atoms. The largest absolute Gasteiger partial charge is 0.310 e. The molecule has 0 aromatic heterocycles. The first-order valence-electron chi connectivity index (χ1n) is 16.4. The highest BCUT2D eigenvalue weighted by molar-refractivity contribution is 5.89. The Balaban J connectivity index is 1.12. The molecule has 0 saturated carbocycles. The van der Waals surface area contributed by atoms with Crippen molar-refractivity contribution in [3.8, 4) is 11.1 Å². The standard InChI is InChI=1S/C45H36N2/c1-33-16-17-37-23-29-45(32-39(37)30-33)47(41-14-6-3-7-15-41)43-26-20-36(21-27-43)35-18-24-42(25-19-35)46(40-12-4-2-5-13-40)44-28-22-34-10-8-9-11-38(34)31-44/h2-29,31-33H,30H2,1H3. The van der Waals surface area contributed by atoms with Crippen LogP contribution in [0.25, 0.3) is 28.0 Å². The van der Waals surface area contributed by atoms with Crippen molar-refractivity contribution in [3.63, 3.8) is 0 Å². The van der Waals surface area contributed by atoms with Crippen molar-refractivity contribution in [3.05, 3.63) is 187 Å². The lowest BCUT2D eigenvalue weighted by Gasteiger charge is -2.27. The van der Waals surface area contributed by atoms with Crippen LogP contribution in [0.1, 0.15) is 18.1 Å². The Morgan fingerprint density at radius 1 is 0.426 bits per heavy atom. The number of nitrogens with zero attached hydrogens (tertiary/aromatic N) is 2. The fraction of sp³-hybridized carbons (Fsp3) is 0.0667. The van der Waals surface area contributed by atoms with Gasteiger partial charge in [0.15, 0.2) is 0 Å². The van der Waals surface area contributed by atoms with Crippen LogP contribution >= 0.6 is 0 Å². The van der Waals surface area contributed by atoms with Crippen LogP contribution in [0.15, 0.2) is 176 Å². The molecule has 1 aliphatic rings. The van der Waals surface area contributed by atoms with Crippen LogP contribution in [-0.4, -0.2) is 0 Å². The predicted molar refractivity (Wildman–Crippen MR) is 201 cm³/mol. The molecule has 7 aromatic rings. The maximum atomic E-state index is 2.36. The van der Waals surface area contributed by atoms with Crippen LogP contribution in [-0.2, 0) is 6.42 Å². The van der Waals surface area contributed by atoms with E-state index in [0.29, 0.717) is 5.92 Å². The van der Waals surface area contributed by atoms with Gasteiger partial charge in [-0.25, -0.2) is 0 Å². The number of rotatable bonds is 7. The van der Waals surface area contributed by atoms with Crippen molar-refractivity contribution < 1.29 is 0 Å². The summed E-state index contributed by atoms with van der Waals surface area (Å²) in [5.41, 5.74) is 12.0. The minimum absolute atomic E-state index is 0.556. The Morgan fingerprint density at radius 2 is 0.894 bits per heavy atom. The lowest BCUT2D eigenvalue weighted by molar-refractivity contribution is 0.717. The van der Waals surface area contributed by atoms with Gasteiger partial charge >= 0.3 is 0 Å². The fourth-order valence-corrected chi connectivity index (χ4v) is 6.72. The topological polar surface area (TPSA) is 6.48 Å². The molecule has 7 aromatic carbocycles. The van der Waals surface area contributed by atoms with Crippen LogP contribution in [0.2, 0.25) is 0 Å². The van der Waals surface area contributed by atoms with E-state index in [1.807, 2.05) is 0 Å². The lowest BCUT2D eigenvalue weighted by Crippen LogP contribution is -2.11. The predicted octanol–water partition coefficient (Wildman–Crippen LogP) is 12.7. The minimum Gasteiger partial charge on any atom is -0.310 e. The van der Waals surface area contributed by atoms with Crippen molar-refractivity contribution in [2.75, 3.05) is 9.80 Å². The molecule has 0 spiro atoms. The van der Waals surface area contributed by atoms with Gasteiger partial charge in [-0.3, -0.25) is 0 Å². The van der Waals surface area contributed by atoms with E-state index in [-0.39, 0.29) is 0 Å². The molecule has 226 valence electrons. The summed E-state index contributed by atoms with van der Waals surface area (Å²) in [7, 11) is 0. The number of hydrogen-bond acceptors (Lipinski definition) is 2. The van der Waals surface area contributed by atoms with Gasteiger partial charge in [0.05, 0.1) is 0 Å². The molecular weight excluding hydrogens is 569 g/mol. The molecule has 47 heavy (non-hydrogen) atoms. The van der Waals surface area contributed by atoms with Gasteiger partial charge in [0, 0.05) is 34.1 Å². The normalized spacial score (nSPS) is 13.7. The summed E-state index contributed by atoms with van der Waals surface area (Å²) >= 11 is 0. The van der Waals surface area contributed by atoms with Crippen LogP contribution < -0.4 is 9.80 Å². The maximum absolute atomic E-state index is 2.36. The molecule has 2 nitrogen and oxygen atoms in total. The Labute approximate surface area is 277 Å². The zero-order valence-corrected chi connectivity index (χ0v) is 26.5. The summed E-state index contributed by atoms with van der Waals surface area (Å²) < 4.78 is 0. The summed E-state index contributed by atoms with van der Waals surface area (Å²) in [6, 6.07) is 61.2. The molecule has 0 heterocycles. The smallest absolute Gasteiger partial charge is 0.0468 e. The van der Waals surface area contributed by atoms with Gasteiger partial charge in [-0.2, -0.15) is 0 Å². The zero-order chi connectivity index (χ0) is 31.6. The number of hydrogen-bond donors (Lipinski definition) is 0. The van der Waals surface area contributed by atoms with E-state index in [1.54, 1.807) is 0 Å². The van der Waals surface area contributed by atoms with Gasteiger partial charge in [-0.15, -0.1) is 0 Å². The first-order chi connectivity index (χ1) is 23.2. The quantitative estimate of drug-likeness (QED) is 0.179. The van der Waals surface area contributed by atoms with E-state index < -0.39 is 0 Å². The minimum atomic E-state index is 0.556. The van der Waals surface area contributed by atoms with Gasteiger partial charge in [0.2, 0.25) is 0 Å². The molecule has 0 aliphatic heterocycles. The monoisotopic (exact) mass is 604 g/mol. The summed E-state index contributed by atoms with van der Waals surface area (Å²) in [6.45, 7) is 2.29. The number of benzene rings is 7. The van der Waals surface area contributed by atoms with Gasteiger partial charge < -0.3 is 9.80 Å². The van der Waals surface area contributed by atoms with E-state index in [1.165, 1.54) is 38.7 Å². The SMILES string of the molecule is CC1C=Cc2ccc(N(c3ccccc3)c3ccc(-c4ccc(N(c5ccccc5)c5ccc6ccccc6c5)cc4)cc3)cc2C1. The van der Waals surface area contributed by atoms with Gasteiger partial charge in [0.25, 0.3) is 0 Å². The molecule has 1 unspecified atom stereocenters. The molecule has 1 atom stereocenters. The highest BCUT2D eigenvalue weighted by Crippen LogP contribution is 2.39. The van der Waals surface area contributed by atoms with E-state index in [4.69, 9.17) is 0 Å². The Bertz CT molecular complexity index is 2170. The Hall–Kier alpha value is -5.86. The molecular formula is C45H36N2. The van der Waals surface area contributed by atoms with Crippen molar-refractivity contribution in [1.82, 2.24) is 0 Å². The Morgan fingerprint density at radius 3 is 1.49 bits per heavy atom. The third kappa shape index (κ3) is 5.82.